The number of carbonyl (C=O) groups is 1. The molecule has 1 aliphatic rings. The lowest BCUT2D eigenvalue weighted by Gasteiger charge is -2.32. The summed E-state index contributed by atoms with van der Waals surface area (Å²) < 4.78 is 5.17. The van der Waals surface area contributed by atoms with Crippen LogP contribution < -0.4 is 15.4 Å². The summed E-state index contributed by atoms with van der Waals surface area (Å²) in [5.41, 5.74) is 3.55. The molecule has 0 saturated carbocycles. The van der Waals surface area contributed by atoms with Gasteiger partial charge in [0.05, 0.1) is 7.11 Å². The fourth-order valence-corrected chi connectivity index (χ4v) is 3.97. The number of urea groups is 1. The summed E-state index contributed by atoms with van der Waals surface area (Å²) in [6.07, 6.45) is 4.69. The molecule has 1 aliphatic heterocycles. The van der Waals surface area contributed by atoms with E-state index in [1.54, 1.807) is 13.2 Å². The molecule has 0 aromatic heterocycles. The first-order chi connectivity index (χ1) is 14.1. The van der Waals surface area contributed by atoms with Crippen LogP contribution in [0.4, 0.5) is 10.5 Å². The van der Waals surface area contributed by atoms with Crippen LogP contribution in [0.25, 0.3) is 0 Å². The number of likely N-dealkylation sites (tertiary alicyclic amines) is 1. The quantitative estimate of drug-likeness (QED) is 0.649. The minimum Gasteiger partial charge on any atom is -0.497 e. The van der Waals surface area contributed by atoms with Gasteiger partial charge in [-0.15, -0.1) is 0 Å². The molecule has 0 aliphatic carbocycles. The lowest BCUT2D eigenvalue weighted by molar-refractivity contribution is 0.182. The number of methoxy groups -OCH3 is 1. The molecular formula is C24H33N3O2. The molecule has 5 heteroatoms. The predicted molar refractivity (Wildman–Crippen MR) is 119 cm³/mol. The molecule has 0 bridgehead atoms. The van der Waals surface area contributed by atoms with E-state index in [-0.39, 0.29) is 6.03 Å². The molecule has 2 aromatic rings. The molecule has 2 amide bonds. The second-order valence-electron chi connectivity index (χ2n) is 7.94. The Morgan fingerprint density at radius 1 is 1.14 bits per heavy atom. The van der Waals surface area contributed by atoms with Gasteiger partial charge in [0.25, 0.3) is 0 Å². The van der Waals surface area contributed by atoms with Crippen molar-refractivity contribution in [3.63, 3.8) is 0 Å². The number of piperidine rings is 1. The van der Waals surface area contributed by atoms with Crippen molar-refractivity contribution in [1.82, 2.24) is 10.2 Å². The topological polar surface area (TPSA) is 53.6 Å². The SMILES string of the molecule is COc1cccc(NC(=O)NCCCN2CCC(Cc3cccc(C)c3)CC2)c1. The Morgan fingerprint density at radius 3 is 2.69 bits per heavy atom. The molecule has 0 spiro atoms. The number of aryl methyl sites for hydroxylation is 1. The highest BCUT2D eigenvalue weighted by molar-refractivity contribution is 5.89. The molecule has 2 aromatic carbocycles. The van der Waals surface area contributed by atoms with Gasteiger partial charge in [0.15, 0.2) is 0 Å². The van der Waals surface area contributed by atoms with E-state index < -0.39 is 0 Å². The van der Waals surface area contributed by atoms with E-state index in [4.69, 9.17) is 4.74 Å². The summed E-state index contributed by atoms with van der Waals surface area (Å²) >= 11 is 0. The molecule has 1 heterocycles. The molecule has 156 valence electrons. The number of amides is 2. The van der Waals surface area contributed by atoms with Crippen molar-refractivity contribution < 1.29 is 9.53 Å². The minimum absolute atomic E-state index is 0.171. The number of hydrogen-bond donors (Lipinski definition) is 2. The standard InChI is InChI=1S/C24H33N3O2/c1-19-6-3-7-21(16-19)17-20-10-14-27(15-11-20)13-5-12-25-24(28)26-22-8-4-9-23(18-22)29-2/h3-4,6-9,16,18,20H,5,10-15,17H2,1-2H3,(H2,25,26,28). The van der Waals surface area contributed by atoms with Crippen molar-refractivity contribution >= 4 is 11.7 Å². The van der Waals surface area contributed by atoms with Gasteiger partial charge in [0, 0.05) is 18.3 Å². The highest BCUT2D eigenvalue weighted by atomic mass is 16.5. The van der Waals surface area contributed by atoms with Crippen LogP contribution in [0.2, 0.25) is 0 Å². The molecule has 5 nitrogen and oxygen atoms in total. The third-order valence-electron chi connectivity index (χ3n) is 5.58. The Kier molecular flexibility index (Phi) is 7.94. The van der Waals surface area contributed by atoms with Crippen LogP contribution >= 0.6 is 0 Å². The molecule has 1 saturated heterocycles. The zero-order valence-electron chi connectivity index (χ0n) is 17.6. The van der Waals surface area contributed by atoms with Crippen LogP contribution in [0, 0.1) is 12.8 Å². The van der Waals surface area contributed by atoms with E-state index in [0.29, 0.717) is 6.54 Å². The number of rotatable bonds is 8. The number of nitrogens with zero attached hydrogens (tertiary/aromatic N) is 1. The Balaban J connectivity index is 1.29. The molecule has 3 rings (SSSR count). The van der Waals surface area contributed by atoms with Crippen LogP contribution in [-0.2, 0) is 6.42 Å². The number of anilines is 1. The zero-order valence-corrected chi connectivity index (χ0v) is 17.6. The average Bonchev–Trinajstić information content (AvgIpc) is 2.72. The van der Waals surface area contributed by atoms with Crippen molar-refractivity contribution in [3.05, 3.63) is 59.7 Å². The van der Waals surface area contributed by atoms with Crippen LogP contribution in [0.1, 0.15) is 30.4 Å². The maximum atomic E-state index is 12.0. The monoisotopic (exact) mass is 395 g/mol. The summed E-state index contributed by atoms with van der Waals surface area (Å²) in [4.78, 5) is 14.5. The summed E-state index contributed by atoms with van der Waals surface area (Å²) in [5.74, 6) is 1.52. The maximum absolute atomic E-state index is 12.0. The first kappa shape index (κ1) is 21.2. The maximum Gasteiger partial charge on any atom is 0.319 e. The third kappa shape index (κ3) is 7.09. The first-order valence-corrected chi connectivity index (χ1v) is 10.6. The minimum atomic E-state index is -0.171. The van der Waals surface area contributed by atoms with Gasteiger partial charge in [-0.2, -0.15) is 0 Å². The molecule has 0 radical (unpaired) electrons. The number of benzene rings is 2. The highest BCUT2D eigenvalue weighted by Crippen LogP contribution is 2.22. The Morgan fingerprint density at radius 2 is 1.93 bits per heavy atom. The van der Waals surface area contributed by atoms with Gasteiger partial charge in [0.1, 0.15) is 5.75 Å². The molecule has 0 unspecified atom stereocenters. The van der Waals surface area contributed by atoms with E-state index in [1.165, 1.54) is 30.4 Å². The molecule has 0 atom stereocenters. The van der Waals surface area contributed by atoms with E-state index in [9.17, 15) is 4.79 Å². The normalized spacial score (nSPS) is 15.1. The number of ether oxygens (including phenoxy) is 1. The lowest BCUT2D eigenvalue weighted by Crippen LogP contribution is -2.37. The summed E-state index contributed by atoms with van der Waals surface area (Å²) in [6, 6.07) is 16.1. The Labute approximate surface area is 174 Å². The summed E-state index contributed by atoms with van der Waals surface area (Å²) in [6.45, 7) is 6.20. The van der Waals surface area contributed by atoms with Crippen LogP contribution in [0.5, 0.6) is 5.75 Å². The van der Waals surface area contributed by atoms with Gasteiger partial charge in [-0.1, -0.05) is 35.9 Å². The lowest BCUT2D eigenvalue weighted by atomic mass is 9.90. The number of carbonyl (C=O) groups excluding carboxylic acids is 1. The van der Waals surface area contributed by atoms with Gasteiger partial charge in [0.2, 0.25) is 0 Å². The predicted octanol–water partition coefficient (Wildman–Crippen LogP) is 4.47. The second-order valence-corrected chi connectivity index (χ2v) is 7.94. The average molecular weight is 396 g/mol. The molecule has 2 N–H and O–H groups in total. The summed E-state index contributed by atoms with van der Waals surface area (Å²) in [7, 11) is 1.62. The van der Waals surface area contributed by atoms with Crippen molar-refractivity contribution in [3.8, 4) is 5.75 Å². The van der Waals surface area contributed by atoms with Crippen LogP contribution in [0.15, 0.2) is 48.5 Å². The van der Waals surface area contributed by atoms with Crippen molar-refractivity contribution in [2.24, 2.45) is 5.92 Å². The van der Waals surface area contributed by atoms with Crippen molar-refractivity contribution in [1.29, 1.82) is 0 Å². The van der Waals surface area contributed by atoms with Gasteiger partial charge in [-0.25, -0.2) is 4.79 Å². The fourth-order valence-electron chi connectivity index (χ4n) is 3.97. The van der Waals surface area contributed by atoms with E-state index in [1.807, 2.05) is 18.2 Å². The molecule has 1 fully saturated rings. The van der Waals surface area contributed by atoms with Gasteiger partial charge in [-0.3, -0.25) is 0 Å². The van der Waals surface area contributed by atoms with Crippen molar-refractivity contribution in [2.75, 3.05) is 38.6 Å². The second kappa shape index (κ2) is 10.9. The number of nitrogens with one attached hydrogen (secondary N) is 2. The smallest absolute Gasteiger partial charge is 0.319 e. The number of hydrogen-bond acceptors (Lipinski definition) is 3. The van der Waals surface area contributed by atoms with E-state index in [0.717, 1.165) is 43.4 Å². The molecule has 29 heavy (non-hydrogen) atoms. The van der Waals surface area contributed by atoms with E-state index >= 15 is 0 Å². The van der Waals surface area contributed by atoms with Crippen LogP contribution in [-0.4, -0.2) is 44.2 Å². The van der Waals surface area contributed by atoms with Gasteiger partial charge in [-0.05, 0) is 75.9 Å². The first-order valence-electron chi connectivity index (χ1n) is 10.6. The third-order valence-corrected chi connectivity index (χ3v) is 5.58. The highest BCUT2D eigenvalue weighted by Gasteiger charge is 2.19. The fraction of sp³-hybridized carbons (Fsp3) is 0.458. The summed E-state index contributed by atoms with van der Waals surface area (Å²) in [5, 5.41) is 5.78. The van der Waals surface area contributed by atoms with Gasteiger partial charge < -0.3 is 20.3 Å². The van der Waals surface area contributed by atoms with E-state index in [2.05, 4.69) is 46.7 Å². The zero-order chi connectivity index (χ0) is 20.5. The Bertz CT molecular complexity index is 785. The Hall–Kier alpha value is -2.53. The van der Waals surface area contributed by atoms with Gasteiger partial charge >= 0.3 is 6.03 Å². The van der Waals surface area contributed by atoms with Crippen LogP contribution in [0.3, 0.4) is 0 Å². The molecular weight excluding hydrogens is 362 g/mol. The largest absolute Gasteiger partial charge is 0.497 e. The van der Waals surface area contributed by atoms with Crippen molar-refractivity contribution in [2.45, 2.75) is 32.6 Å².